The molecule has 1 aromatic heterocycles. The molecule has 1 amide bonds. The minimum absolute atomic E-state index is 0.0452. The van der Waals surface area contributed by atoms with Gasteiger partial charge in [0.05, 0.1) is 5.69 Å². The minimum atomic E-state index is -0.177. The van der Waals surface area contributed by atoms with Crippen molar-refractivity contribution in [2.75, 3.05) is 11.9 Å². The van der Waals surface area contributed by atoms with Crippen molar-refractivity contribution in [1.29, 1.82) is 0 Å². The molecule has 4 nitrogen and oxygen atoms in total. The van der Waals surface area contributed by atoms with Gasteiger partial charge in [-0.2, -0.15) is 0 Å². The molecule has 1 aromatic rings. The summed E-state index contributed by atoms with van der Waals surface area (Å²) in [5.74, 6) is 0.836. The number of carbonyl (C=O) groups is 1. The third-order valence-electron chi connectivity index (χ3n) is 2.19. The second kappa shape index (κ2) is 6.18. The Hall–Kier alpha value is -1.10. The van der Waals surface area contributed by atoms with E-state index in [0.29, 0.717) is 13.0 Å². The van der Waals surface area contributed by atoms with E-state index in [9.17, 15) is 4.79 Å². The largest absolute Gasteiger partial charge is 0.370 e. The maximum Gasteiger partial charge on any atom is 0.222 e. The molecule has 100 valence electrons. The van der Waals surface area contributed by atoms with Crippen molar-refractivity contribution in [3.63, 3.8) is 0 Å². The number of hydrogen-bond acceptors (Lipinski definition) is 3. The lowest BCUT2D eigenvalue weighted by atomic mass is 10.1. The second-order valence-electron chi connectivity index (χ2n) is 5.24. The number of nitrogens with zero attached hydrogens (tertiary/aromatic N) is 1. The van der Waals surface area contributed by atoms with E-state index in [4.69, 9.17) is 0 Å². The van der Waals surface area contributed by atoms with Crippen LogP contribution in [0.5, 0.6) is 0 Å². The smallest absolute Gasteiger partial charge is 0.222 e. The minimum Gasteiger partial charge on any atom is -0.370 e. The summed E-state index contributed by atoms with van der Waals surface area (Å²) >= 11 is 3.40. The summed E-state index contributed by atoms with van der Waals surface area (Å²) in [6, 6.07) is 3.83. The molecule has 0 bridgehead atoms. The van der Waals surface area contributed by atoms with Gasteiger partial charge in [0.25, 0.3) is 0 Å². The molecule has 0 unspecified atom stereocenters. The number of aromatic nitrogens is 1. The summed E-state index contributed by atoms with van der Waals surface area (Å²) in [5, 5.41) is 6.06. The van der Waals surface area contributed by atoms with Gasteiger partial charge in [0, 0.05) is 23.0 Å². The van der Waals surface area contributed by atoms with E-state index in [1.165, 1.54) is 0 Å². The third kappa shape index (κ3) is 5.49. The molecule has 1 heterocycles. The van der Waals surface area contributed by atoms with Gasteiger partial charge >= 0.3 is 0 Å². The molecule has 0 aliphatic carbocycles. The Kier molecular flexibility index (Phi) is 5.14. The summed E-state index contributed by atoms with van der Waals surface area (Å²) in [6.45, 7) is 8.42. The van der Waals surface area contributed by atoms with Gasteiger partial charge in [0.2, 0.25) is 5.91 Å². The van der Waals surface area contributed by atoms with Crippen LogP contribution in [0.4, 0.5) is 5.82 Å². The Morgan fingerprint density at radius 2 is 2.06 bits per heavy atom. The van der Waals surface area contributed by atoms with Gasteiger partial charge < -0.3 is 10.6 Å². The predicted octanol–water partition coefficient (Wildman–Crippen LogP) is 2.87. The van der Waals surface area contributed by atoms with Crippen molar-refractivity contribution in [2.45, 2.75) is 39.7 Å². The monoisotopic (exact) mass is 313 g/mol. The van der Waals surface area contributed by atoms with Crippen LogP contribution < -0.4 is 10.6 Å². The highest BCUT2D eigenvalue weighted by Gasteiger charge is 2.12. The van der Waals surface area contributed by atoms with E-state index >= 15 is 0 Å². The van der Waals surface area contributed by atoms with Crippen LogP contribution in [-0.2, 0) is 4.79 Å². The van der Waals surface area contributed by atoms with E-state index in [-0.39, 0.29) is 11.4 Å². The number of nitrogens with one attached hydrogen (secondary N) is 2. The Morgan fingerprint density at radius 1 is 1.39 bits per heavy atom. The highest BCUT2D eigenvalue weighted by molar-refractivity contribution is 9.10. The molecule has 0 spiro atoms. The van der Waals surface area contributed by atoms with Crippen LogP contribution in [0.2, 0.25) is 0 Å². The first kappa shape index (κ1) is 15.0. The summed E-state index contributed by atoms with van der Waals surface area (Å²) in [5.41, 5.74) is 0.753. The van der Waals surface area contributed by atoms with Gasteiger partial charge in [0.1, 0.15) is 5.82 Å². The van der Waals surface area contributed by atoms with Gasteiger partial charge in [-0.05, 0) is 55.8 Å². The number of hydrogen-bond donors (Lipinski definition) is 2. The molecule has 0 saturated heterocycles. The summed E-state index contributed by atoms with van der Waals surface area (Å²) in [6.07, 6.45) is 0.439. The predicted molar refractivity (Wildman–Crippen MR) is 77.7 cm³/mol. The first-order chi connectivity index (χ1) is 8.28. The van der Waals surface area contributed by atoms with Crippen LogP contribution in [0.1, 0.15) is 32.9 Å². The van der Waals surface area contributed by atoms with Gasteiger partial charge in [-0.1, -0.05) is 0 Å². The summed E-state index contributed by atoms with van der Waals surface area (Å²) in [4.78, 5) is 15.9. The van der Waals surface area contributed by atoms with E-state index < -0.39 is 0 Å². The lowest BCUT2D eigenvalue weighted by Gasteiger charge is -2.20. The SMILES string of the molecule is Cc1nc(NCCC(=O)NC(C)(C)C)ccc1Br. The van der Waals surface area contributed by atoms with Gasteiger partial charge in [-0.15, -0.1) is 0 Å². The lowest BCUT2D eigenvalue weighted by molar-refractivity contribution is -0.122. The molecule has 0 radical (unpaired) electrons. The van der Waals surface area contributed by atoms with Crippen molar-refractivity contribution in [3.05, 3.63) is 22.3 Å². The van der Waals surface area contributed by atoms with Crippen LogP contribution in [0, 0.1) is 6.92 Å². The Labute approximate surface area is 117 Å². The van der Waals surface area contributed by atoms with Crippen LogP contribution >= 0.6 is 15.9 Å². The lowest BCUT2D eigenvalue weighted by Crippen LogP contribution is -2.41. The van der Waals surface area contributed by atoms with Crippen LogP contribution in [0.25, 0.3) is 0 Å². The number of carbonyl (C=O) groups excluding carboxylic acids is 1. The molecule has 0 atom stereocenters. The second-order valence-corrected chi connectivity index (χ2v) is 6.09. The Balaban J connectivity index is 2.38. The molecular formula is C13H20BrN3O. The number of rotatable bonds is 4. The fraction of sp³-hybridized carbons (Fsp3) is 0.538. The quantitative estimate of drug-likeness (QED) is 0.898. The topological polar surface area (TPSA) is 54.0 Å². The van der Waals surface area contributed by atoms with Gasteiger partial charge in [0.15, 0.2) is 0 Å². The number of aryl methyl sites for hydroxylation is 1. The maximum atomic E-state index is 11.6. The molecule has 0 fully saturated rings. The number of amides is 1. The fourth-order valence-electron chi connectivity index (χ4n) is 1.43. The zero-order chi connectivity index (χ0) is 13.8. The third-order valence-corrected chi connectivity index (χ3v) is 3.03. The molecule has 0 aromatic carbocycles. The zero-order valence-electron chi connectivity index (χ0n) is 11.3. The summed E-state index contributed by atoms with van der Waals surface area (Å²) < 4.78 is 0.985. The van der Waals surface area contributed by atoms with E-state index in [0.717, 1.165) is 16.0 Å². The van der Waals surface area contributed by atoms with E-state index in [1.807, 2.05) is 39.8 Å². The van der Waals surface area contributed by atoms with Crippen molar-refractivity contribution >= 4 is 27.7 Å². The first-order valence-electron chi connectivity index (χ1n) is 5.96. The van der Waals surface area contributed by atoms with E-state index in [1.54, 1.807) is 0 Å². The van der Waals surface area contributed by atoms with Crippen molar-refractivity contribution in [2.24, 2.45) is 0 Å². The molecule has 0 aliphatic heterocycles. The van der Waals surface area contributed by atoms with Gasteiger partial charge in [-0.3, -0.25) is 4.79 Å². The van der Waals surface area contributed by atoms with Crippen molar-refractivity contribution in [3.8, 4) is 0 Å². The zero-order valence-corrected chi connectivity index (χ0v) is 12.9. The maximum absolute atomic E-state index is 11.6. The Bertz CT molecular complexity index is 427. The highest BCUT2D eigenvalue weighted by atomic mass is 79.9. The molecule has 0 saturated carbocycles. The molecular weight excluding hydrogens is 294 g/mol. The molecule has 5 heteroatoms. The molecule has 2 N–H and O–H groups in total. The normalized spacial score (nSPS) is 11.2. The molecule has 1 rings (SSSR count). The summed E-state index contributed by atoms with van der Waals surface area (Å²) in [7, 11) is 0. The standard InChI is InChI=1S/C13H20BrN3O/c1-9-10(14)5-6-11(16-9)15-8-7-12(18)17-13(2,3)4/h5-6H,7-8H2,1-4H3,(H,15,16)(H,17,18). The van der Waals surface area contributed by atoms with Gasteiger partial charge in [-0.25, -0.2) is 4.98 Å². The van der Waals surface area contributed by atoms with Crippen LogP contribution in [0.3, 0.4) is 0 Å². The van der Waals surface area contributed by atoms with Crippen molar-refractivity contribution < 1.29 is 4.79 Å². The van der Waals surface area contributed by atoms with Crippen LogP contribution in [0.15, 0.2) is 16.6 Å². The number of anilines is 1. The average molecular weight is 314 g/mol. The Morgan fingerprint density at radius 3 is 2.61 bits per heavy atom. The highest BCUT2D eigenvalue weighted by Crippen LogP contribution is 2.15. The molecule has 18 heavy (non-hydrogen) atoms. The molecule has 0 aliphatic rings. The number of pyridine rings is 1. The fourth-order valence-corrected chi connectivity index (χ4v) is 1.65. The van der Waals surface area contributed by atoms with Crippen molar-refractivity contribution in [1.82, 2.24) is 10.3 Å². The number of halogens is 1. The van der Waals surface area contributed by atoms with E-state index in [2.05, 4.69) is 31.5 Å². The van der Waals surface area contributed by atoms with Crippen LogP contribution in [-0.4, -0.2) is 23.0 Å². The first-order valence-corrected chi connectivity index (χ1v) is 6.75. The average Bonchev–Trinajstić information content (AvgIpc) is 2.20.